The van der Waals surface area contributed by atoms with Crippen molar-refractivity contribution >= 4 is 21.8 Å². The van der Waals surface area contributed by atoms with E-state index in [9.17, 15) is 0 Å². The van der Waals surface area contributed by atoms with E-state index in [0.717, 1.165) is 46.5 Å². The summed E-state index contributed by atoms with van der Waals surface area (Å²) in [4.78, 5) is 5.13. The molecule has 11 rings (SSSR count). The van der Waals surface area contributed by atoms with Crippen LogP contribution in [0.1, 0.15) is 29.0 Å². The van der Waals surface area contributed by atoms with Crippen molar-refractivity contribution in [2.24, 2.45) is 0 Å². The predicted molar refractivity (Wildman–Crippen MR) is 242 cm³/mol. The van der Waals surface area contributed by atoms with Crippen LogP contribution >= 0.6 is 0 Å². The van der Waals surface area contributed by atoms with E-state index in [0.29, 0.717) is 0 Å². The van der Waals surface area contributed by atoms with Gasteiger partial charge in [-0.3, -0.25) is 0 Å². The first-order chi connectivity index (χ1) is 28.7. The highest BCUT2D eigenvalue weighted by Crippen LogP contribution is 2.44. The fourth-order valence-electron chi connectivity index (χ4n) is 9.25. The van der Waals surface area contributed by atoms with E-state index >= 15 is 0 Å². The van der Waals surface area contributed by atoms with Gasteiger partial charge in [-0.05, 0) is 99.3 Å². The third-order valence-electron chi connectivity index (χ3n) is 12.0. The van der Waals surface area contributed by atoms with Crippen LogP contribution in [-0.4, -0.2) is 9.55 Å². The minimum Gasteiger partial charge on any atom is -0.309 e. The van der Waals surface area contributed by atoms with Crippen molar-refractivity contribution in [2.45, 2.75) is 18.8 Å². The van der Waals surface area contributed by atoms with Crippen molar-refractivity contribution in [1.82, 2.24) is 9.55 Å². The Kier molecular flexibility index (Phi) is 8.40. The molecule has 274 valence electrons. The zero-order valence-electron chi connectivity index (χ0n) is 32.1. The summed E-state index contributed by atoms with van der Waals surface area (Å²) in [6.45, 7) is 0. The second kappa shape index (κ2) is 14.3. The summed E-state index contributed by atoms with van der Waals surface area (Å²) in [5, 5.41) is 2.54. The Labute approximate surface area is 339 Å². The lowest BCUT2D eigenvalue weighted by atomic mass is 9.84. The third kappa shape index (κ3) is 6.02. The molecule has 0 saturated heterocycles. The summed E-state index contributed by atoms with van der Waals surface area (Å²) in [6.07, 6.45) is 2.07. The lowest BCUT2D eigenvalue weighted by molar-refractivity contribution is 0.725. The maximum absolute atomic E-state index is 5.13. The Balaban J connectivity index is 1.07. The van der Waals surface area contributed by atoms with E-state index in [-0.39, 0.29) is 5.92 Å². The van der Waals surface area contributed by atoms with Crippen LogP contribution in [0.15, 0.2) is 212 Å². The lowest BCUT2D eigenvalue weighted by Gasteiger charge is -2.21. The van der Waals surface area contributed by atoms with E-state index in [1.54, 1.807) is 0 Å². The molecule has 0 spiro atoms. The fourth-order valence-corrected chi connectivity index (χ4v) is 9.25. The Morgan fingerprint density at radius 2 is 0.914 bits per heavy atom. The highest BCUT2D eigenvalue weighted by atomic mass is 15.0. The van der Waals surface area contributed by atoms with Crippen LogP contribution in [0.4, 0.5) is 0 Å². The van der Waals surface area contributed by atoms with Crippen molar-refractivity contribution in [3.63, 3.8) is 0 Å². The van der Waals surface area contributed by atoms with Gasteiger partial charge in [-0.2, -0.15) is 0 Å². The minimum absolute atomic E-state index is 0.235. The molecule has 0 aliphatic heterocycles. The van der Waals surface area contributed by atoms with Gasteiger partial charge < -0.3 is 4.57 Å². The van der Waals surface area contributed by atoms with Gasteiger partial charge in [0.05, 0.1) is 22.4 Å². The molecule has 10 aromatic rings. The van der Waals surface area contributed by atoms with Crippen LogP contribution in [0.25, 0.3) is 83.4 Å². The predicted octanol–water partition coefficient (Wildman–Crippen LogP) is 14.6. The van der Waals surface area contributed by atoms with Gasteiger partial charge in [-0.25, -0.2) is 4.98 Å². The van der Waals surface area contributed by atoms with Gasteiger partial charge in [-0.15, -0.1) is 0 Å². The minimum atomic E-state index is 0.235. The average molecular weight is 741 g/mol. The van der Waals surface area contributed by atoms with Crippen LogP contribution in [0, 0.1) is 0 Å². The zero-order chi connectivity index (χ0) is 38.4. The molecule has 1 unspecified atom stereocenters. The molecule has 2 heterocycles. The number of fused-ring (bicyclic) bond motifs is 6. The fraction of sp³-hybridized carbons (Fsp3) is 0.0536. The Hall–Kier alpha value is -7.29. The van der Waals surface area contributed by atoms with Crippen molar-refractivity contribution in [3.8, 4) is 61.6 Å². The molecule has 1 aliphatic rings. The second-order valence-electron chi connectivity index (χ2n) is 15.5. The molecular formula is C56H40N2. The van der Waals surface area contributed by atoms with Crippen molar-refractivity contribution in [3.05, 3.63) is 229 Å². The molecule has 1 atom stereocenters. The van der Waals surface area contributed by atoms with Gasteiger partial charge in [0.15, 0.2) is 0 Å². The van der Waals surface area contributed by atoms with Crippen LogP contribution in [0.2, 0.25) is 0 Å². The average Bonchev–Trinajstić information content (AvgIpc) is 3.54. The number of pyridine rings is 1. The van der Waals surface area contributed by atoms with Gasteiger partial charge in [-0.1, -0.05) is 176 Å². The van der Waals surface area contributed by atoms with Gasteiger partial charge in [0.1, 0.15) is 0 Å². The van der Waals surface area contributed by atoms with Crippen LogP contribution in [0.5, 0.6) is 0 Å². The number of hydrogen-bond acceptors (Lipinski definition) is 1. The summed E-state index contributed by atoms with van der Waals surface area (Å²) in [7, 11) is 0. The van der Waals surface area contributed by atoms with Crippen molar-refractivity contribution < 1.29 is 0 Å². The summed E-state index contributed by atoms with van der Waals surface area (Å²) >= 11 is 0. The maximum atomic E-state index is 5.13. The number of nitrogens with zero attached hydrogens (tertiary/aromatic N) is 2. The van der Waals surface area contributed by atoms with Crippen LogP contribution in [-0.2, 0) is 6.42 Å². The van der Waals surface area contributed by atoms with E-state index in [1.807, 2.05) is 0 Å². The smallest absolute Gasteiger partial charge is 0.0715 e. The van der Waals surface area contributed by atoms with Crippen LogP contribution < -0.4 is 0 Å². The van der Waals surface area contributed by atoms with E-state index in [2.05, 4.69) is 217 Å². The van der Waals surface area contributed by atoms with Gasteiger partial charge in [0.25, 0.3) is 0 Å². The highest BCUT2D eigenvalue weighted by Gasteiger charge is 2.25. The Morgan fingerprint density at radius 3 is 1.55 bits per heavy atom. The maximum Gasteiger partial charge on any atom is 0.0715 e. The molecule has 1 aliphatic carbocycles. The van der Waals surface area contributed by atoms with E-state index < -0.39 is 0 Å². The molecule has 58 heavy (non-hydrogen) atoms. The first-order valence-electron chi connectivity index (χ1n) is 20.3. The highest BCUT2D eigenvalue weighted by molar-refractivity contribution is 6.09. The molecule has 0 bridgehead atoms. The van der Waals surface area contributed by atoms with Crippen molar-refractivity contribution in [1.29, 1.82) is 0 Å². The number of benzene rings is 8. The third-order valence-corrected chi connectivity index (χ3v) is 12.0. The first-order valence-corrected chi connectivity index (χ1v) is 20.3. The van der Waals surface area contributed by atoms with E-state index in [1.165, 1.54) is 66.4 Å². The monoisotopic (exact) mass is 740 g/mol. The molecule has 8 aromatic carbocycles. The SMILES string of the molecule is c1ccc(-c2cc(-c3ccc(-c4cc(C5CCc6ccccc6-c6ccccc65)cc(-n5c6ccccc6c6ccccc65)c4)cc3)cc(-c3ccccc3)n2)cc1. The molecule has 0 fully saturated rings. The first kappa shape index (κ1) is 34.0. The molecule has 0 radical (unpaired) electrons. The molecule has 2 nitrogen and oxygen atoms in total. The van der Waals surface area contributed by atoms with Gasteiger partial charge >= 0.3 is 0 Å². The molecule has 2 heteroatoms. The Bertz CT molecular complexity index is 2990. The largest absolute Gasteiger partial charge is 0.309 e. The lowest BCUT2D eigenvalue weighted by Crippen LogP contribution is -2.05. The van der Waals surface area contributed by atoms with Crippen LogP contribution in [0.3, 0.4) is 0 Å². The summed E-state index contributed by atoms with van der Waals surface area (Å²) in [6, 6.07) is 77.5. The number of para-hydroxylation sites is 2. The molecule has 0 saturated carbocycles. The van der Waals surface area contributed by atoms with Gasteiger partial charge in [0, 0.05) is 33.5 Å². The molecule has 2 aromatic heterocycles. The normalized spacial score (nSPS) is 13.6. The standard InChI is InChI=1S/C56H40N2/c1-3-16-41(17-4-1)53-36-44(37-54(57-53)42-18-5-2-6-19-42)39-29-27-38(28-30-39)43-33-45(48-32-31-40-15-7-8-20-47(40)49-21-9-10-22-50(48)49)35-46(34-43)58-55-25-13-11-23-51(55)52-24-12-14-26-56(52)58/h1-30,33-37,48H,31-32H2. The van der Waals surface area contributed by atoms with Gasteiger partial charge in [0.2, 0.25) is 0 Å². The molecule has 0 amide bonds. The summed E-state index contributed by atoms with van der Waals surface area (Å²) in [5.74, 6) is 0.235. The molecule has 0 N–H and O–H groups in total. The number of aryl methyl sites for hydroxylation is 1. The number of hydrogen-bond donors (Lipinski definition) is 0. The second-order valence-corrected chi connectivity index (χ2v) is 15.5. The summed E-state index contributed by atoms with van der Waals surface area (Å²) < 4.78 is 2.47. The zero-order valence-corrected chi connectivity index (χ0v) is 32.1. The number of rotatable bonds is 6. The molecular weight excluding hydrogens is 701 g/mol. The van der Waals surface area contributed by atoms with Crippen molar-refractivity contribution in [2.75, 3.05) is 0 Å². The quantitative estimate of drug-likeness (QED) is 0.166. The van der Waals surface area contributed by atoms with E-state index in [4.69, 9.17) is 4.98 Å². The Morgan fingerprint density at radius 1 is 0.397 bits per heavy atom. The number of aromatic nitrogens is 2. The summed E-state index contributed by atoms with van der Waals surface area (Å²) in [5.41, 5.74) is 19.4. The topological polar surface area (TPSA) is 17.8 Å².